The summed E-state index contributed by atoms with van der Waals surface area (Å²) in [4.78, 5) is 0. The summed E-state index contributed by atoms with van der Waals surface area (Å²) >= 11 is 0. The molecule has 6 N–H and O–H groups in total. The summed E-state index contributed by atoms with van der Waals surface area (Å²) in [6.45, 7) is 7.69. The molecular weight excluding hydrogens is 384 g/mol. The van der Waals surface area contributed by atoms with Crippen LogP contribution in [0, 0.1) is 27.7 Å². The number of aliphatic hydroxyl groups is 6. The molecule has 162 valence electrons. The lowest BCUT2D eigenvalue weighted by Crippen LogP contribution is -2.45. The number of benzene rings is 2. The summed E-state index contributed by atoms with van der Waals surface area (Å²) in [6, 6.07) is 10.8. The van der Waals surface area contributed by atoms with Crippen molar-refractivity contribution >= 4 is 12.2 Å². The highest BCUT2D eigenvalue weighted by atomic mass is 16.4. The number of aryl methyl sites for hydroxylation is 4. The van der Waals surface area contributed by atoms with Crippen LogP contribution in [0.3, 0.4) is 0 Å². The summed E-state index contributed by atoms with van der Waals surface area (Å²) < 4.78 is 0. The van der Waals surface area contributed by atoms with Gasteiger partial charge in [0.15, 0.2) is 0 Å². The molecule has 0 radical (unpaired) electrons. The van der Waals surface area contributed by atoms with Crippen LogP contribution in [0.1, 0.15) is 33.4 Å². The Kier molecular flexibility index (Phi) is 7.81. The molecular formula is C24H30O6. The minimum absolute atomic E-state index is 0.574. The van der Waals surface area contributed by atoms with Crippen molar-refractivity contribution in [2.24, 2.45) is 0 Å². The molecule has 30 heavy (non-hydrogen) atoms. The Morgan fingerprint density at radius 2 is 0.933 bits per heavy atom. The van der Waals surface area contributed by atoms with Crippen molar-refractivity contribution in [3.63, 3.8) is 0 Å². The van der Waals surface area contributed by atoms with Crippen molar-refractivity contribution in [1.82, 2.24) is 0 Å². The molecule has 0 aliphatic carbocycles. The zero-order chi connectivity index (χ0) is 22.6. The van der Waals surface area contributed by atoms with E-state index in [-0.39, 0.29) is 0 Å². The lowest BCUT2D eigenvalue weighted by Gasteiger charge is -2.26. The van der Waals surface area contributed by atoms with Crippen LogP contribution in [0.5, 0.6) is 0 Å². The second-order valence-electron chi connectivity index (χ2n) is 7.70. The van der Waals surface area contributed by atoms with Crippen molar-refractivity contribution in [2.45, 2.75) is 52.1 Å². The molecule has 0 bridgehead atoms. The van der Waals surface area contributed by atoms with Crippen LogP contribution in [-0.2, 0) is 0 Å². The summed E-state index contributed by atoms with van der Waals surface area (Å²) in [5.41, 5.74) is 5.32. The number of hydrogen-bond acceptors (Lipinski definition) is 6. The molecule has 2 aromatic rings. The first-order valence-electron chi connectivity index (χ1n) is 9.69. The predicted octanol–water partition coefficient (Wildman–Crippen LogP) is 2.86. The van der Waals surface area contributed by atoms with Gasteiger partial charge in [-0.1, -0.05) is 36.4 Å². The van der Waals surface area contributed by atoms with E-state index in [1.165, 1.54) is 12.2 Å². The van der Waals surface area contributed by atoms with Crippen LogP contribution in [0.4, 0.5) is 0 Å². The molecule has 6 nitrogen and oxygen atoms in total. The van der Waals surface area contributed by atoms with Gasteiger partial charge >= 0.3 is 0 Å². The predicted molar refractivity (Wildman–Crippen MR) is 117 cm³/mol. The minimum Gasteiger partial charge on any atom is -0.509 e. The Morgan fingerprint density at radius 3 is 1.23 bits per heavy atom. The van der Waals surface area contributed by atoms with Gasteiger partial charge in [-0.05, 0) is 73.2 Å². The SMILES string of the molecule is Cc1ccc(/C=C(\O)[C@@H](O)[C@@H](O)[C@H](O)[C@@H](O)/C(O)=C/c2ccc(C)c(C)c2)cc1C. The van der Waals surface area contributed by atoms with Crippen LogP contribution >= 0.6 is 0 Å². The molecule has 2 aromatic carbocycles. The average Bonchev–Trinajstić information content (AvgIpc) is 2.71. The van der Waals surface area contributed by atoms with Crippen LogP contribution in [0.2, 0.25) is 0 Å². The quantitative estimate of drug-likeness (QED) is 0.388. The minimum atomic E-state index is -1.93. The molecule has 6 heteroatoms. The molecule has 0 saturated heterocycles. The zero-order valence-electron chi connectivity index (χ0n) is 17.6. The molecule has 0 spiro atoms. The first-order chi connectivity index (χ1) is 14.0. The van der Waals surface area contributed by atoms with Gasteiger partial charge in [0.25, 0.3) is 0 Å². The van der Waals surface area contributed by atoms with E-state index in [4.69, 9.17) is 0 Å². The maximum atomic E-state index is 10.2. The van der Waals surface area contributed by atoms with E-state index >= 15 is 0 Å². The fraction of sp³-hybridized carbons (Fsp3) is 0.333. The Balaban J connectivity index is 2.14. The van der Waals surface area contributed by atoms with E-state index in [1.54, 1.807) is 24.3 Å². The largest absolute Gasteiger partial charge is 0.509 e. The number of aliphatic hydroxyl groups excluding tert-OH is 6. The van der Waals surface area contributed by atoms with Gasteiger partial charge in [0.05, 0.1) is 0 Å². The third-order valence-corrected chi connectivity index (χ3v) is 5.29. The Morgan fingerprint density at radius 1 is 0.600 bits per heavy atom. The monoisotopic (exact) mass is 414 g/mol. The van der Waals surface area contributed by atoms with E-state index in [9.17, 15) is 30.6 Å². The summed E-state index contributed by atoms with van der Waals surface area (Å²) in [7, 11) is 0. The van der Waals surface area contributed by atoms with Gasteiger partial charge in [0, 0.05) is 0 Å². The molecule has 4 atom stereocenters. The van der Waals surface area contributed by atoms with Crippen molar-refractivity contribution in [2.75, 3.05) is 0 Å². The van der Waals surface area contributed by atoms with Gasteiger partial charge in [-0.2, -0.15) is 0 Å². The van der Waals surface area contributed by atoms with E-state index in [2.05, 4.69) is 0 Å². The normalized spacial score (nSPS) is 16.8. The summed E-state index contributed by atoms with van der Waals surface area (Å²) in [5.74, 6) is -1.15. The highest BCUT2D eigenvalue weighted by Gasteiger charge is 2.34. The van der Waals surface area contributed by atoms with Crippen LogP contribution < -0.4 is 0 Å². The van der Waals surface area contributed by atoms with E-state index in [0.29, 0.717) is 11.1 Å². The summed E-state index contributed by atoms with van der Waals surface area (Å²) in [6.07, 6.45) is -5.04. The van der Waals surface area contributed by atoms with Crippen LogP contribution in [0.15, 0.2) is 47.9 Å². The van der Waals surface area contributed by atoms with Crippen LogP contribution in [-0.4, -0.2) is 55.1 Å². The van der Waals surface area contributed by atoms with Crippen molar-refractivity contribution < 1.29 is 30.6 Å². The summed E-state index contributed by atoms with van der Waals surface area (Å²) in [5, 5.41) is 61.1. The molecule has 0 aliphatic heterocycles. The fourth-order valence-corrected chi connectivity index (χ4v) is 2.94. The Bertz CT molecular complexity index is 869. The van der Waals surface area contributed by atoms with Crippen molar-refractivity contribution in [1.29, 1.82) is 0 Å². The Labute approximate surface area is 176 Å². The average molecular weight is 414 g/mol. The van der Waals surface area contributed by atoms with Gasteiger partial charge in [-0.25, -0.2) is 0 Å². The maximum Gasteiger partial charge on any atom is 0.139 e. The van der Waals surface area contributed by atoms with Gasteiger partial charge in [-0.3, -0.25) is 0 Å². The molecule has 2 rings (SSSR count). The van der Waals surface area contributed by atoms with Crippen molar-refractivity contribution in [3.8, 4) is 0 Å². The molecule has 0 heterocycles. The molecule has 0 aromatic heterocycles. The lowest BCUT2D eigenvalue weighted by atomic mass is 9.98. The molecule has 0 amide bonds. The zero-order valence-corrected chi connectivity index (χ0v) is 17.6. The molecule has 0 saturated carbocycles. The maximum absolute atomic E-state index is 10.2. The van der Waals surface area contributed by atoms with Gasteiger partial charge in [0.2, 0.25) is 0 Å². The highest BCUT2D eigenvalue weighted by Crippen LogP contribution is 2.20. The van der Waals surface area contributed by atoms with E-state index in [1.807, 2.05) is 39.8 Å². The second-order valence-corrected chi connectivity index (χ2v) is 7.70. The third kappa shape index (κ3) is 5.70. The topological polar surface area (TPSA) is 121 Å². The van der Waals surface area contributed by atoms with Gasteiger partial charge in [0.1, 0.15) is 35.9 Å². The first kappa shape index (κ1) is 23.6. The Hall–Kier alpha value is -2.64. The number of rotatable bonds is 7. The van der Waals surface area contributed by atoms with E-state index in [0.717, 1.165) is 22.3 Å². The smallest absolute Gasteiger partial charge is 0.139 e. The van der Waals surface area contributed by atoms with Gasteiger partial charge in [-0.15, -0.1) is 0 Å². The molecule has 0 fully saturated rings. The van der Waals surface area contributed by atoms with Gasteiger partial charge < -0.3 is 30.6 Å². The molecule has 0 unspecified atom stereocenters. The molecule has 0 aliphatic rings. The van der Waals surface area contributed by atoms with E-state index < -0.39 is 35.9 Å². The standard InChI is InChI=1S/C24H30O6/c1-13-5-7-17(9-15(13)3)11-19(25)21(27)23(29)24(30)22(28)20(26)12-18-8-6-14(2)16(4)10-18/h5-12,21-30H,1-4H3/b19-11-,20-12-/t21-,22+,23-,24-/m1/s1. The first-order valence-corrected chi connectivity index (χ1v) is 9.69. The third-order valence-electron chi connectivity index (χ3n) is 5.29. The lowest BCUT2D eigenvalue weighted by molar-refractivity contribution is -0.0996. The second kappa shape index (κ2) is 9.91. The van der Waals surface area contributed by atoms with Crippen molar-refractivity contribution in [3.05, 3.63) is 81.3 Å². The highest BCUT2D eigenvalue weighted by molar-refractivity contribution is 5.55. The number of hydrogen-bond donors (Lipinski definition) is 6. The van der Waals surface area contributed by atoms with Crippen LogP contribution in [0.25, 0.3) is 12.2 Å². The fourth-order valence-electron chi connectivity index (χ4n) is 2.94.